The van der Waals surface area contributed by atoms with Crippen LogP contribution in [-0.4, -0.2) is 46.9 Å². The zero-order chi connectivity index (χ0) is 18.9. The summed E-state index contributed by atoms with van der Waals surface area (Å²) in [5.41, 5.74) is 1.21. The van der Waals surface area contributed by atoms with E-state index in [0.29, 0.717) is 25.3 Å². The van der Waals surface area contributed by atoms with Crippen LogP contribution in [-0.2, 0) is 6.54 Å². The minimum atomic E-state index is -0.824. The van der Waals surface area contributed by atoms with Gasteiger partial charge in [0.1, 0.15) is 11.9 Å². The molecule has 0 amide bonds. The zero-order valence-corrected chi connectivity index (χ0v) is 16.0. The molecule has 1 aliphatic heterocycles. The van der Waals surface area contributed by atoms with Gasteiger partial charge >= 0.3 is 0 Å². The van der Waals surface area contributed by atoms with E-state index < -0.39 is 6.17 Å². The highest BCUT2D eigenvalue weighted by atomic mass is 19.1. The first-order chi connectivity index (χ1) is 12.3. The van der Waals surface area contributed by atoms with Gasteiger partial charge in [0.15, 0.2) is 0 Å². The van der Waals surface area contributed by atoms with Crippen molar-refractivity contribution in [1.29, 1.82) is 0 Å². The summed E-state index contributed by atoms with van der Waals surface area (Å²) >= 11 is 0. The average molecular weight is 361 g/mol. The lowest BCUT2D eigenvalue weighted by Gasteiger charge is -2.45. The number of hydrogen-bond donors (Lipinski definition) is 0. The molecule has 6 heteroatoms. The molecule has 1 aromatic carbocycles. The first kappa shape index (κ1) is 18.8. The van der Waals surface area contributed by atoms with Crippen molar-refractivity contribution in [3.63, 3.8) is 0 Å². The number of likely N-dealkylation sites (tertiary alicyclic amines) is 1. The molecule has 0 saturated carbocycles. The third-order valence-corrected chi connectivity index (χ3v) is 5.21. The van der Waals surface area contributed by atoms with Crippen molar-refractivity contribution in [3.8, 4) is 5.75 Å². The number of aromatic nitrogens is 2. The standard InChI is InChI=1S/C20H28FN3O2/c1-20(2,3)19-15(21)6-5-9-23(19)10-11-24-17-12-14(26-4)7-8-16(17)22-13-18(24)25/h7-8,12-13,15,19H,5-6,9-11H2,1-4H3. The number of ether oxygens (including phenoxy) is 1. The lowest BCUT2D eigenvalue weighted by Crippen LogP contribution is -2.54. The molecule has 5 nitrogen and oxygen atoms in total. The maximum absolute atomic E-state index is 14.6. The molecule has 2 aromatic rings. The van der Waals surface area contributed by atoms with Crippen LogP contribution in [0.4, 0.5) is 4.39 Å². The molecule has 1 aromatic heterocycles. The lowest BCUT2D eigenvalue weighted by atomic mass is 9.79. The number of piperidine rings is 1. The first-order valence-electron chi connectivity index (χ1n) is 9.23. The maximum Gasteiger partial charge on any atom is 0.269 e. The predicted molar refractivity (Wildman–Crippen MR) is 102 cm³/mol. The van der Waals surface area contributed by atoms with Gasteiger partial charge in [0.05, 0.1) is 24.3 Å². The van der Waals surface area contributed by atoms with Crippen molar-refractivity contribution >= 4 is 11.0 Å². The lowest BCUT2D eigenvalue weighted by molar-refractivity contribution is -0.00188. The fourth-order valence-electron chi connectivity index (χ4n) is 4.08. The second-order valence-corrected chi connectivity index (χ2v) is 8.11. The van der Waals surface area contributed by atoms with E-state index in [1.54, 1.807) is 11.7 Å². The van der Waals surface area contributed by atoms with Crippen LogP contribution >= 0.6 is 0 Å². The number of fused-ring (bicyclic) bond motifs is 1. The van der Waals surface area contributed by atoms with Crippen molar-refractivity contribution in [2.24, 2.45) is 5.41 Å². The van der Waals surface area contributed by atoms with Crippen molar-refractivity contribution in [2.75, 3.05) is 20.2 Å². The van der Waals surface area contributed by atoms with Crippen LogP contribution in [0.15, 0.2) is 29.2 Å². The van der Waals surface area contributed by atoms with Gasteiger partial charge in [-0.15, -0.1) is 0 Å². The van der Waals surface area contributed by atoms with Gasteiger partial charge in [0, 0.05) is 25.2 Å². The molecule has 1 fully saturated rings. The van der Waals surface area contributed by atoms with Crippen LogP contribution in [0.5, 0.6) is 5.75 Å². The minimum absolute atomic E-state index is 0.130. The van der Waals surface area contributed by atoms with Gasteiger partial charge in [-0.25, -0.2) is 9.37 Å². The van der Waals surface area contributed by atoms with E-state index >= 15 is 0 Å². The van der Waals surface area contributed by atoms with E-state index in [-0.39, 0.29) is 17.0 Å². The highest BCUT2D eigenvalue weighted by Crippen LogP contribution is 2.33. The highest BCUT2D eigenvalue weighted by molar-refractivity contribution is 5.76. The van der Waals surface area contributed by atoms with Gasteiger partial charge in [0.25, 0.3) is 5.56 Å². The normalized spacial score (nSPS) is 21.9. The molecule has 0 aliphatic carbocycles. The number of benzene rings is 1. The SMILES string of the molecule is COc1ccc2ncc(=O)n(CCN3CCCC(F)C3C(C)(C)C)c2c1. The molecule has 1 saturated heterocycles. The number of alkyl halides is 1. The van der Waals surface area contributed by atoms with Gasteiger partial charge in [-0.3, -0.25) is 9.69 Å². The van der Waals surface area contributed by atoms with Crippen molar-refractivity contribution in [1.82, 2.24) is 14.5 Å². The molecule has 1 aliphatic rings. The first-order valence-corrected chi connectivity index (χ1v) is 9.23. The Balaban J connectivity index is 1.89. The molecule has 0 spiro atoms. The number of methoxy groups -OCH3 is 1. The molecule has 0 radical (unpaired) electrons. The Bertz CT molecular complexity index is 828. The molecule has 2 heterocycles. The second kappa shape index (κ2) is 7.35. The Morgan fingerprint density at radius 1 is 1.31 bits per heavy atom. The smallest absolute Gasteiger partial charge is 0.269 e. The average Bonchev–Trinajstić information content (AvgIpc) is 2.59. The monoisotopic (exact) mass is 361 g/mol. The summed E-state index contributed by atoms with van der Waals surface area (Å²) in [6.07, 6.45) is 2.00. The van der Waals surface area contributed by atoms with E-state index in [4.69, 9.17) is 4.74 Å². The number of halogens is 1. The van der Waals surface area contributed by atoms with E-state index in [1.807, 2.05) is 18.2 Å². The topological polar surface area (TPSA) is 47.4 Å². The Hall–Kier alpha value is -1.95. The fourth-order valence-corrected chi connectivity index (χ4v) is 4.08. The quantitative estimate of drug-likeness (QED) is 0.839. The van der Waals surface area contributed by atoms with Gasteiger partial charge in [-0.2, -0.15) is 0 Å². The fraction of sp³-hybridized carbons (Fsp3) is 0.600. The number of rotatable bonds is 4. The van der Waals surface area contributed by atoms with E-state index in [9.17, 15) is 9.18 Å². The van der Waals surface area contributed by atoms with Crippen LogP contribution in [0.1, 0.15) is 33.6 Å². The predicted octanol–water partition coefficient (Wildman–Crippen LogP) is 3.25. The zero-order valence-electron chi connectivity index (χ0n) is 16.0. The summed E-state index contributed by atoms with van der Waals surface area (Å²) in [5.74, 6) is 0.688. The summed E-state index contributed by atoms with van der Waals surface area (Å²) < 4.78 is 21.6. The molecule has 3 rings (SSSR count). The highest BCUT2D eigenvalue weighted by Gasteiger charge is 2.39. The number of hydrogen-bond acceptors (Lipinski definition) is 4. The van der Waals surface area contributed by atoms with Gasteiger partial charge < -0.3 is 9.30 Å². The minimum Gasteiger partial charge on any atom is -0.497 e. The van der Waals surface area contributed by atoms with E-state index in [1.165, 1.54) is 6.20 Å². The van der Waals surface area contributed by atoms with Crippen LogP contribution in [0.3, 0.4) is 0 Å². The summed E-state index contributed by atoms with van der Waals surface area (Å²) in [5, 5.41) is 0. The number of nitrogens with zero attached hydrogens (tertiary/aromatic N) is 3. The van der Waals surface area contributed by atoms with Gasteiger partial charge in [-0.05, 0) is 36.9 Å². The maximum atomic E-state index is 14.6. The summed E-state index contributed by atoms with van der Waals surface area (Å²) in [6, 6.07) is 5.38. The van der Waals surface area contributed by atoms with Crippen molar-refractivity contribution in [3.05, 3.63) is 34.7 Å². The molecular weight excluding hydrogens is 333 g/mol. The van der Waals surface area contributed by atoms with Gasteiger partial charge in [-0.1, -0.05) is 20.8 Å². The van der Waals surface area contributed by atoms with Gasteiger partial charge in [0.2, 0.25) is 0 Å². The molecule has 26 heavy (non-hydrogen) atoms. The Morgan fingerprint density at radius 3 is 2.77 bits per heavy atom. The third-order valence-electron chi connectivity index (χ3n) is 5.21. The Kier molecular flexibility index (Phi) is 5.32. The Morgan fingerprint density at radius 2 is 2.08 bits per heavy atom. The van der Waals surface area contributed by atoms with Crippen molar-refractivity contribution < 1.29 is 9.13 Å². The molecule has 0 N–H and O–H groups in total. The molecule has 142 valence electrons. The van der Waals surface area contributed by atoms with Crippen LogP contribution < -0.4 is 10.3 Å². The third kappa shape index (κ3) is 3.75. The van der Waals surface area contributed by atoms with E-state index in [2.05, 4.69) is 30.7 Å². The summed E-state index contributed by atoms with van der Waals surface area (Å²) in [7, 11) is 1.60. The Labute approximate surface area is 153 Å². The van der Waals surface area contributed by atoms with Crippen LogP contribution in [0, 0.1) is 5.41 Å². The molecule has 2 unspecified atom stereocenters. The molecule has 0 bridgehead atoms. The largest absolute Gasteiger partial charge is 0.497 e. The van der Waals surface area contributed by atoms with Crippen LogP contribution in [0.2, 0.25) is 0 Å². The molecular formula is C20H28FN3O2. The molecule has 2 atom stereocenters. The van der Waals surface area contributed by atoms with E-state index in [0.717, 1.165) is 24.0 Å². The summed E-state index contributed by atoms with van der Waals surface area (Å²) in [6.45, 7) is 8.26. The second-order valence-electron chi connectivity index (χ2n) is 8.11. The van der Waals surface area contributed by atoms with Crippen molar-refractivity contribution in [2.45, 2.75) is 52.4 Å². The van der Waals surface area contributed by atoms with Crippen LogP contribution in [0.25, 0.3) is 11.0 Å². The summed E-state index contributed by atoms with van der Waals surface area (Å²) in [4.78, 5) is 18.8.